The largest absolute Gasteiger partial charge is 0.507 e. The molecule has 0 saturated carbocycles. The Balaban J connectivity index is 1.40. The van der Waals surface area contributed by atoms with Crippen molar-refractivity contribution < 1.29 is 28.9 Å². The number of aliphatic hydroxyl groups is 1. The van der Waals surface area contributed by atoms with Crippen LogP contribution in [0.25, 0.3) is 5.76 Å². The van der Waals surface area contributed by atoms with Crippen LogP contribution in [0, 0.1) is 0 Å². The highest BCUT2D eigenvalue weighted by Gasteiger charge is 2.48. The number of aliphatic hydroxyl groups excluding tert-OH is 1. The zero-order valence-corrected chi connectivity index (χ0v) is 25.0. The molecule has 6 rings (SSSR count). The molecule has 1 saturated heterocycles. The van der Waals surface area contributed by atoms with Gasteiger partial charge in [-0.15, -0.1) is 10.2 Å². The molecule has 1 aromatic heterocycles. The lowest BCUT2D eigenvalue weighted by Crippen LogP contribution is -2.29. The van der Waals surface area contributed by atoms with Gasteiger partial charge in [-0.05, 0) is 47.5 Å². The zero-order chi connectivity index (χ0) is 29.9. The summed E-state index contributed by atoms with van der Waals surface area (Å²) in [7, 11) is 0. The van der Waals surface area contributed by atoms with Crippen molar-refractivity contribution in [2.45, 2.75) is 16.1 Å². The van der Waals surface area contributed by atoms with Crippen molar-refractivity contribution in [3.63, 3.8) is 0 Å². The van der Waals surface area contributed by atoms with Gasteiger partial charge in [0.15, 0.2) is 15.8 Å². The summed E-state index contributed by atoms with van der Waals surface area (Å²) < 4.78 is 17.6. The molecule has 0 spiro atoms. The van der Waals surface area contributed by atoms with E-state index in [1.165, 1.54) is 28.0 Å². The average Bonchev–Trinajstić information content (AvgIpc) is 3.60. The number of benzene rings is 3. The molecule has 1 unspecified atom stereocenters. The van der Waals surface area contributed by atoms with Gasteiger partial charge in [-0.1, -0.05) is 77.7 Å². The van der Waals surface area contributed by atoms with E-state index in [0.29, 0.717) is 56.7 Å². The van der Waals surface area contributed by atoms with Crippen LogP contribution in [0.1, 0.15) is 22.7 Å². The van der Waals surface area contributed by atoms with E-state index in [9.17, 15) is 14.7 Å². The third-order valence-corrected chi connectivity index (χ3v) is 9.19. The summed E-state index contributed by atoms with van der Waals surface area (Å²) in [4.78, 5) is 28.5. The quantitative estimate of drug-likeness (QED) is 0.0555. The van der Waals surface area contributed by atoms with Crippen LogP contribution in [0.3, 0.4) is 0 Å². The number of fused-ring (bicyclic) bond motifs is 1. The van der Waals surface area contributed by atoms with E-state index >= 15 is 0 Å². The Bertz CT molecular complexity index is 1760. The van der Waals surface area contributed by atoms with Crippen LogP contribution in [0.4, 0.5) is 5.13 Å². The number of nitrogens with zero attached hydrogens (tertiary/aromatic N) is 3. The average molecular weight is 634 g/mol. The van der Waals surface area contributed by atoms with E-state index in [0.717, 1.165) is 5.56 Å². The molecule has 0 bridgehead atoms. The molecule has 0 aliphatic carbocycles. The Morgan fingerprint density at radius 3 is 2.72 bits per heavy atom. The first-order valence-electron chi connectivity index (χ1n) is 13.2. The number of ketones is 1. The van der Waals surface area contributed by atoms with Crippen LogP contribution >= 0.6 is 34.7 Å². The number of carbonyl (C=O) groups excluding carboxylic acids is 2. The van der Waals surface area contributed by atoms with Crippen LogP contribution in [0.15, 0.2) is 89.3 Å². The molecule has 218 valence electrons. The second-order valence-corrected chi connectivity index (χ2v) is 12.0. The first-order valence-corrected chi connectivity index (χ1v) is 15.4. The lowest BCUT2D eigenvalue weighted by Gasteiger charge is -2.23. The molecule has 3 heterocycles. The second kappa shape index (κ2) is 12.5. The monoisotopic (exact) mass is 633 g/mol. The van der Waals surface area contributed by atoms with E-state index in [2.05, 4.69) is 16.8 Å². The summed E-state index contributed by atoms with van der Waals surface area (Å²) in [6, 6.07) is 18.4. The molecular weight excluding hydrogens is 610 g/mol. The Hall–Kier alpha value is -4.32. The highest BCUT2D eigenvalue weighted by molar-refractivity contribution is 8.00. The molecule has 1 N–H and O–H groups in total. The SMILES string of the molecule is C=CCOc1cccc(C2C(=C(O)c3ccc4c(c3)OCCO4)C(=O)C(=O)N2c2nnc(SCc3ccccc3Cl)s2)c1. The van der Waals surface area contributed by atoms with E-state index in [1.54, 1.807) is 48.5 Å². The molecule has 3 aromatic carbocycles. The third kappa shape index (κ3) is 5.83. The first kappa shape index (κ1) is 28.8. The standard InChI is InChI=1S/C31H24ClN3O6S2/c1-2-12-39-21-8-5-7-18(15-21)26-25(27(36)19-10-11-23-24(16-19)41-14-13-40-23)28(37)29(38)35(26)30-33-34-31(43-30)42-17-20-6-3-4-9-22(20)32/h2-11,15-16,26,36H,1,12-14,17H2. The minimum atomic E-state index is -1.00. The van der Waals surface area contributed by atoms with Gasteiger partial charge in [-0.2, -0.15) is 0 Å². The highest BCUT2D eigenvalue weighted by Crippen LogP contribution is 2.45. The van der Waals surface area contributed by atoms with Gasteiger partial charge in [0.2, 0.25) is 5.13 Å². The van der Waals surface area contributed by atoms with Gasteiger partial charge >= 0.3 is 5.91 Å². The van der Waals surface area contributed by atoms with Gasteiger partial charge in [-0.25, -0.2) is 0 Å². The van der Waals surface area contributed by atoms with Crippen molar-refractivity contribution in [2.75, 3.05) is 24.7 Å². The molecule has 1 fully saturated rings. The van der Waals surface area contributed by atoms with Crippen molar-refractivity contribution >= 4 is 57.3 Å². The van der Waals surface area contributed by atoms with Crippen LogP contribution < -0.4 is 19.1 Å². The predicted molar refractivity (Wildman–Crippen MR) is 165 cm³/mol. The van der Waals surface area contributed by atoms with Gasteiger partial charge in [0.1, 0.15) is 31.3 Å². The van der Waals surface area contributed by atoms with Crippen LogP contribution in [0.2, 0.25) is 5.02 Å². The van der Waals surface area contributed by atoms with Crippen molar-refractivity contribution in [2.24, 2.45) is 0 Å². The number of rotatable bonds is 9. The third-order valence-electron chi connectivity index (χ3n) is 6.71. The van der Waals surface area contributed by atoms with Crippen LogP contribution in [-0.2, 0) is 15.3 Å². The Morgan fingerprint density at radius 2 is 1.91 bits per heavy atom. The Labute approximate surface area is 260 Å². The second-order valence-electron chi connectivity index (χ2n) is 9.43. The molecule has 4 aromatic rings. The minimum absolute atomic E-state index is 0.0944. The Morgan fingerprint density at radius 1 is 1.09 bits per heavy atom. The number of carbonyl (C=O) groups is 2. The van der Waals surface area contributed by atoms with E-state index < -0.39 is 17.7 Å². The summed E-state index contributed by atoms with van der Waals surface area (Å²) in [6.07, 6.45) is 1.61. The van der Waals surface area contributed by atoms with Crippen molar-refractivity contribution in [3.05, 3.63) is 107 Å². The topological polar surface area (TPSA) is 111 Å². The highest BCUT2D eigenvalue weighted by atomic mass is 35.5. The lowest BCUT2D eigenvalue weighted by molar-refractivity contribution is -0.132. The van der Waals surface area contributed by atoms with E-state index in [-0.39, 0.29) is 23.1 Å². The summed E-state index contributed by atoms with van der Waals surface area (Å²) >= 11 is 8.89. The number of amides is 1. The number of Topliss-reactive ketones (excluding diaryl/α,β-unsaturated/α-hetero) is 1. The summed E-state index contributed by atoms with van der Waals surface area (Å²) in [6.45, 7) is 4.71. The molecule has 0 radical (unpaired) electrons. The van der Waals surface area contributed by atoms with Crippen molar-refractivity contribution in [3.8, 4) is 17.2 Å². The van der Waals surface area contributed by atoms with Crippen molar-refractivity contribution in [1.29, 1.82) is 0 Å². The van der Waals surface area contributed by atoms with E-state index in [4.69, 9.17) is 25.8 Å². The number of thioether (sulfide) groups is 1. The number of anilines is 1. The number of ether oxygens (including phenoxy) is 3. The summed E-state index contributed by atoms with van der Waals surface area (Å²) in [5.41, 5.74) is 1.69. The summed E-state index contributed by atoms with van der Waals surface area (Å²) in [5.74, 6) is -0.0134. The molecule has 1 amide bonds. The smallest absolute Gasteiger partial charge is 0.301 e. The van der Waals surface area contributed by atoms with E-state index in [1.807, 2.05) is 24.3 Å². The fourth-order valence-corrected chi connectivity index (χ4v) is 6.89. The fraction of sp³-hybridized carbons (Fsp3) is 0.161. The number of hydrogen-bond acceptors (Lipinski definition) is 10. The maximum atomic E-state index is 13.6. The van der Waals surface area contributed by atoms with Gasteiger partial charge in [0.25, 0.3) is 5.78 Å². The molecule has 43 heavy (non-hydrogen) atoms. The predicted octanol–water partition coefficient (Wildman–Crippen LogP) is 6.45. The van der Waals surface area contributed by atoms with Gasteiger partial charge < -0.3 is 19.3 Å². The molecule has 1 atom stereocenters. The van der Waals surface area contributed by atoms with Crippen molar-refractivity contribution in [1.82, 2.24) is 10.2 Å². The molecule has 9 nitrogen and oxygen atoms in total. The molecule has 12 heteroatoms. The van der Waals surface area contributed by atoms with Gasteiger partial charge in [-0.3, -0.25) is 14.5 Å². The van der Waals surface area contributed by atoms with Crippen LogP contribution in [0.5, 0.6) is 17.2 Å². The van der Waals surface area contributed by atoms with Gasteiger partial charge in [0.05, 0.1) is 11.6 Å². The first-order chi connectivity index (χ1) is 20.9. The maximum Gasteiger partial charge on any atom is 0.301 e. The molecule has 2 aliphatic heterocycles. The molecule has 2 aliphatic rings. The number of aromatic nitrogens is 2. The fourth-order valence-electron chi connectivity index (χ4n) is 4.73. The zero-order valence-electron chi connectivity index (χ0n) is 22.6. The minimum Gasteiger partial charge on any atom is -0.507 e. The normalized spacial score (nSPS) is 17.2. The number of halogens is 1. The Kier molecular flexibility index (Phi) is 8.37. The van der Waals surface area contributed by atoms with Gasteiger partial charge in [0, 0.05) is 16.3 Å². The van der Waals surface area contributed by atoms with Crippen LogP contribution in [-0.4, -0.2) is 46.8 Å². The molecular formula is C31H24ClN3O6S2. The summed E-state index contributed by atoms with van der Waals surface area (Å²) in [5, 5.41) is 20.9. The maximum absolute atomic E-state index is 13.6. The number of hydrogen-bond donors (Lipinski definition) is 1. The lowest BCUT2D eigenvalue weighted by atomic mass is 9.95.